The molecule has 1 unspecified atom stereocenters. The highest BCUT2D eigenvalue weighted by Crippen LogP contribution is 2.34. The lowest BCUT2D eigenvalue weighted by Gasteiger charge is -2.26. The van der Waals surface area contributed by atoms with Gasteiger partial charge in [-0.05, 0) is 41.9 Å². The van der Waals surface area contributed by atoms with E-state index in [4.69, 9.17) is 4.74 Å². The Morgan fingerprint density at radius 3 is 2.65 bits per heavy atom. The number of aliphatic hydroxyl groups is 1. The quantitative estimate of drug-likeness (QED) is 0.863. The fraction of sp³-hybridized carbons (Fsp3) is 0.600. The molecule has 2 nitrogen and oxygen atoms in total. The first kappa shape index (κ1) is 12.4. The van der Waals surface area contributed by atoms with Crippen LogP contribution in [0.4, 0.5) is 0 Å². The molecule has 94 valence electrons. The molecule has 1 aromatic rings. The summed E-state index contributed by atoms with van der Waals surface area (Å²) in [5.41, 5.74) is 0.792. The van der Waals surface area contributed by atoms with Crippen LogP contribution in [-0.2, 0) is 0 Å². The highest BCUT2D eigenvalue weighted by molar-refractivity contribution is 5.30. The highest BCUT2D eigenvalue weighted by atomic mass is 16.5. The van der Waals surface area contributed by atoms with Crippen LogP contribution in [0.3, 0.4) is 0 Å². The first-order valence-electron chi connectivity index (χ1n) is 6.37. The van der Waals surface area contributed by atoms with E-state index in [0.717, 1.165) is 23.8 Å². The van der Waals surface area contributed by atoms with Crippen molar-refractivity contribution in [1.29, 1.82) is 0 Å². The van der Waals surface area contributed by atoms with E-state index in [-0.39, 0.29) is 5.41 Å². The summed E-state index contributed by atoms with van der Waals surface area (Å²) in [6.45, 7) is 6.93. The minimum atomic E-state index is -0.452. The van der Waals surface area contributed by atoms with Gasteiger partial charge in [0.05, 0.1) is 12.7 Å². The highest BCUT2D eigenvalue weighted by Gasteiger charge is 2.25. The molecular weight excluding hydrogens is 212 g/mol. The molecule has 17 heavy (non-hydrogen) atoms. The zero-order valence-corrected chi connectivity index (χ0v) is 10.9. The Balaban J connectivity index is 2.04. The number of aliphatic hydroxyl groups excluding tert-OH is 1. The number of ether oxygens (including phenoxy) is 1. The Kier molecular flexibility index (Phi) is 3.43. The van der Waals surface area contributed by atoms with Crippen molar-refractivity contribution in [3.63, 3.8) is 0 Å². The fourth-order valence-electron chi connectivity index (χ4n) is 1.77. The molecule has 0 heterocycles. The molecule has 1 fully saturated rings. The van der Waals surface area contributed by atoms with Crippen LogP contribution < -0.4 is 4.74 Å². The van der Waals surface area contributed by atoms with Gasteiger partial charge in [-0.25, -0.2) is 0 Å². The maximum absolute atomic E-state index is 10.2. The molecule has 0 bridgehead atoms. The summed E-state index contributed by atoms with van der Waals surface area (Å²) < 4.78 is 5.72. The van der Waals surface area contributed by atoms with Crippen LogP contribution in [-0.4, -0.2) is 11.7 Å². The lowest BCUT2D eigenvalue weighted by molar-refractivity contribution is 0.0624. The van der Waals surface area contributed by atoms with Gasteiger partial charge in [0, 0.05) is 0 Å². The van der Waals surface area contributed by atoms with Gasteiger partial charge in [-0.2, -0.15) is 0 Å². The van der Waals surface area contributed by atoms with Gasteiger partial charge in [-0.3, -0.25) is 0 Å². The molecular formula is C15H22O2. The average Bonchev–Trinajstić information content (AvgIpc) is 3.08. The van der Waals surface area contributed by atoms with E-state index in [1.807, 2.05) is 45.0 Å². The van der Waals surface area contributed by atoms with Crippen molar-refractivity contribution in [2.45, 2.75) is 39.7 Å². The second-order valence-corrected chi connectivity index (χ2v) is 6.10. The summed E-state index contributed by atoms with van der Waals surface area (Å²) in [5.74, 6) is 1.63. The molecule has 0 amide bonds. The van der Waals surface area contributed by atoms with Gasteiger partial charge >= 0.3 is 0 Å². The summed E-state index contributed by atoms with van der Waals surface area (Å²) in [4.78, 5) is 0. The molecule has 0 saturated heterocycles. The second kappa shape index (κ2) is 4.69. The fourth-order valence-corrected chi connectivity index (χ4v) is 1.77. The van der Waals surface area contributed by atoms with Gasteiger partial charge in [-0.15, -0.1) is 0 Å². The van der Waals surface area contributed by atoms with E-state index in [9.17, 15) is 5.11 Å². The predicted molar refractivity (Wildman–Crippen MR) is 69.1 cm³/mol. The third-order valence-electron chi connectivity index (χ3n) is 3.18. The standard InChI is InChI=1S/C15H22O2/c1-15(2,3)14(16)12-5-4-6-13(9-12)17-10-11-7-8-11/h4-6,9,11,14,16H,7-8,10H2,1-3H3. The van der Waals surface area contributed by atoms with Crippen molar-refractivity contribution in [2.75, 3.05) is 6.61 Å². The smallest absolute Gasteiger partial charge is 0.119 e. The number of benzene rings is 1. The van der Waals surface area contributed by atoms with E-state index in [1.54, 1.807) is 0 Å². The van der Waals surface area contributed by atoms with Gasteiger partial charge in [0.25, 0.3) is 0 Å². The maximum Gasteiger partial charge on any atom is 0.119 e. The predicted octanol–water partition coefficient (Wildman–Crippen LogP) is 3.55. The lowest BCUT2D eigenvalue weighted by Crippen LogP contribution is -2.17. The minimum absolute atomic E-state index is 0.144. The maximum atomic E-state index is 10.2. The Labute approximate surface area is 104 Å². The topological polar surface area (TPSA) is 29.5 Å². The second-order valence-electron chi connectivity index (χ2n) is 6.10. The van der Waals surface area contributed by atoms with Crippen molar-refractivity contribution in [2.24, 2.45) is 11.3 Å². The minimum Gasteiger partial charge on any atom is -0.493 e. The van der Waals surface area contributed by atoms with Crippen LogP contribution in [0.2, 0.25) is 0 Å². The third kappa shape index (κ3) is 3.47. The Morgan fingerprint density at radius 2 is 2.06 bits per heavy atom. The average molecular weight is 234 g/mol. The van der Waals surface area contributed by atoms with Crippen molar-refractivity contribution >= 4 is 0 Å². The molecule has 1 aliphatic carbocycles. The van der Waals surface area contributed by atoms with Crippen LogP contribution in [0.15, 0.2) is 24.3 Å². The monoisotopic (exact) mass is 234 g/mol. The normalized spacial score (nSPS) is 17.9. The van der Waals surface area contributed by atoms with Gasteiger partial charge < -0.3 is 9.84 Å². The number of hydrogen-bond donors (Lipinski definition) is 1. The van der Waals surface area contributed by atoms with E-state index >= 15 is 0 Å². The summed E-state index contributed by atoms with van der Waals surface area (Å²) in [5, 5.41) is 10.2. The van der Waals surface area contributed by atoms with Crippen LogP contribution >= 0.6 is 0 Å². The SMILES string of the molecule is CC(C)(C)C(O)c1cccc(OCC2CC2)c1. The van der Waals surface area contributed by atoms with E-state index in [1.165, 1.54) is 12.8 Å². The van der Waals surface area contributed by atoms with Crippen molar-refractivity contribution in [3.8, 4) is 5.75 Å². The van der Waals surface area contributed by atoms with Gasteiger partial charge in [-0.1, -0.05) is 32.9 Å². The zero-order chi connectivity index (χ0) is 12.5. The van der Waals surface area contributed by atoms with E-state index in [0.29, 0.717) is 0 Å². The zero-order valence-electron chi connectivity index (χ0n) is 10.9. The van der Waals surface area contributed by atoms with Crippen molar-refractivity contribution in [1.82, 2.24) is 0 Å². The molecule has 0 aromatic heterocycles. The number of rotatable bonds is 4. The van der Waals surface area contributed by atoms with Crippen LogP contribution in [0, 0.1) is 11.3 Å². The molecule has 0 aliphatic heterocycles. The molecule has 2 rings (SSSR count). The molecule has 1 aliphatic rings. The molecule has 1 atom stereocenters. The molecule has 1 saturated carbocycles. The van der Waals surface area contributed by atoms with Crippen molar-refractivity contribution in [3.05, 3.63) is 29.8 Å². The van der Waals surface area contributed by atoms with Gasteiger partial charge in [0.1, 0.15) is 5.75 Å². The Hall–Kier alpha value is -1.02. The number of hydrogen-bond acceptors (Lipinski definition) is 2. The van der Waals surface area contributed by atoms with E-state index in [2.05, 4.69) is 0 Å². The third-order valence-corrected chi connectivity index (χ3v) is 3.18. The Bertz CT molecular complexity index is 375. The summed E-state index contributed by atoms with van der Waals surface area (Å²) >= 11 is 0. The molecule has 0 spiro atoms. The summed E-state index contributed by atoms with van der Waals surface area (Å²) in [6.07, 6.45) is 2.14. The van der Waals surface area contributed by atoms with Gasteiger partial charge in [0.2, 0.25) is 0 Å². The van der Waals surface area contributed by atoms with Gasteiger partial charge in [0.15, 0.2) is 0 Å². The molecule has 2 heteroatoms. The summed E-state index contributed by atoms with van der Waals surface area (Å²) in [6, 6.07) is 7.83. The lowest BCUT2D eigenvalue weighted by atomic mass is 9.85. The Morgan fingerprint density at radius 1 is 1.35 bits per heavy atom. The van der Waals surface area contributed by atoms with Crippen LogP contribution in [0.5, 0.6) is 5.75 Å². The molecule has 0 radical (unpaired) electrons. The van der Waals surface area contributed by atoms with Crippen molar-refractivity contribution < 1.29 is 9.84 Å². The van der Waals surface area contributed by atoms with Crippen LogP contribution in [0.25, 0.3) is 0 Å². The van der Waals surface area contributed by atoms with Crippen LogP contribution in [0.1, 0.15) is 45.3 Å². The summed E-state index contributed by atoms with van der Waals surface area (Å²) in [7, 11) is 0. The van der Waals surface area contributed by atoms with E-state index < -0.39 is 6.10 Å². The molecule has 1 aromatic carbocycles. The molecule has 1 N–H and O–H groups in total. The first-order chi connectivity index (χ1) is 7.97. The first-order valence-corrected chi connectivity index (χ1v) is 6.37. The largest absolute Gasteiger partial charge is 0.493 e.